The molecule has 0 radical (unpaired) electrons. The van der Waals surface area contributed by atoms with Gasteiger partial charge in [-0.2, -0.15) is 0 Å². The molecule has 1 aromatic rings. The van der Waals surface area contributed by atoms with Gasteiger partial charge in [-0.3, -0.25) is 19.3 Å². The first-order valence-electron chi connectivity index (χ1n) is 8.96. The molecule has 1 aliphatic rings. The summed E-state index contributed by atoms with van der Waals surface area (Å²) in [5.74, 6) is -1.79. The molecule has 1 aromatic carbocycles. The van der Waals surface area contributed by atoms with E-state index in [4.69, 9.17) is 4.74 Å². The van der Waals surface area contributed by atoms with E-state index in [1.807, 2.05) is 0 Å². The van der Waals surface area contributed by atoms with Gasteiger partial charge >= 0.3 is 12.0 Å². The number of esters is 1. The molecule has 4 amide bonds. The van der Waals surface area contributed by atoms with Crippen molar-refractivity contribution in [1.29, 1.82) is 0 Å². The van der Waals surface area contributed by atoms with E-state index in [1.54, 1.807) is 26.0 Å². The SMILES string of the molecule is C[C@H](OC(=O)CCCN1C(=O)NC(C)(C)C1=O)C(=O)NCc1ccc(F)cc1. The number of amides is 4. The number of rotatable bonds is 8. The molecular weight excluding hydrogens is 369 g/mol. The maximum absolute atomic E-state index is 12.8. The number of imide groups is 1. The van der Waals surface area contributed by atoms with Gasteiger partial charge < -0.3 is 15.4 Å². The van der Waals surface area contributed by atoms with Gasteiger partial charge in [-0.15, -0.1) is 0 Å². The van der Waals surface area contributed by atoms with E-state index in [9.17, 15) is 23.6 Å². The predicted molar refractivity (Wildman–Crippen MR) is 97.4 cm³/mol. The van der Waals surface area contributed by atoms with Gasteiger partial charge in [0.2, 0.25) is 0 Å². The third kappa shape index (κ3) is 5.51. The van der Waals surface area contributed by atoms with Crippen LogP contribution in [0.2, 0.25) is 0 Å². The topological polar surface area (TPSA) is 105 Å². The van der Waals surface area contributed by atoms with Crippen LogP contribution in [0.15, 0.2) is 24.3 Å². The Hall–Kier alpha value is -2.97. The summed E-state index contributed by atoms with van der Waals surface area (Å²) in [6.45, 7) is 4.93. The maximum Gasteiger partial charge on any atom is 0.325 e. The fourth-order valence-electron chi connectivity index (χ4n) is 2.65. The molecule has 1 aliphatic heterocycles. The molecule has 0 bridgehead atoms. The second-order valence-corrected chi connectivity index (χ2v) is 7.09. The number of hydrogen-bond acceptors (Lipinski definition) is 5. The van der Waals surface area contributed by atoms with Gasteiger partial charge in [0.25, 0.3) is 11.8 Å². The lowest BCUT2D eigenvalue weighted by Gasteiger charge is -2.16. The Balaban J connectivity index is 1.70. The molecule has 1 fully saturated rings. The van der Waals surface area contributed by atoms with Crippen molar-refractivity contribution in [2.45, 2.75) is 51.8 Å². The Bertz CT molecular complexity index is 763. The van der Waals surface area contributed by atoms with E-state index in [-0.39, 0.29) is 37.7 Å². The molecule has 0 aromatic heterocycles. The highest BCUT2D eigenvalue weighted by Crippen LogP contribution is 2.17. The average Bonchev–Trinajstić information content (AvgIpc) is 2.82. The van der Waals surface area contributed by atoms with Crippen molar-refractivity contribution in [2.24, 2.45) is 0 Å². The minimum absolute atomic E-state index is 0.0347. The zero-order valence-electron chi connectivity index (χ0n) is 16.1. The van der Waals surface area contributed by atoms with Crippen LogP contribution in [-0.4, -0.2) is 46.9 Å². The number of ether oxygens (including phenoxy) is 1. The molecule has 2 rings (SSSR count). The number of hydrogen-bond donors (Lipinski definition) is 2. The largest absolute Gasteiger partial charge is 0.453 e. The van der Waals surface area contributed by atoms with Crippen molar-refractivity contribution < 1.29 is 28.3 Å². The van der Waals surface area contributed by atoms with Gasteiger partial charge in [-0.1, -0.05) is 12.1 Å². The van der Waals surface area contributed by atoms with Crippen molar-refractivity contribution >= 4 is 23.8 Å². The lowest BCUT2D eigenvalue weighted by atomic mass is 10.1. The Kier molecular flexibility index (Phi) is 6.71. The normalized spacial score (nSPS) is 16.5. The highest BCUT2D eigenvalue weighted by molar-refractivity contribution is 6.06. The summed E-state index contributed by atoms with van der Waals surface area (Å²) in [5, 5.41) is 5.16. The summed E-state index contributed by atoms with van der Waals surface area (Å²) in [4.78, 5) is 48.7. The Morgan fingerprint density at radius 1 is 1.25 bits per heavy atom. The highest BCUT2D eigenvalue weighted by atomic mass is 19.1. The van der Waals surface area contributed by atoms with Crippen LogP contribution < -0.4 is 10.6 Å². The first-order chi connectivity index (χ1) is 13.1. The summed E-state index contributed by atoms with van der Waals surface area (Å²) in [7, 11) is 0. The zero-order chi connectivity index (χ0) is 20.9. The van der Waals surface area contributed by atoms with Crippen molar-refractivity contribution in [2.75, 3.05) is 6.54 Å². The summed E-state index contributed by atoms with van der Waals surface area (Å²) in [5.41, 5.74) is -0.237. The van der Waals surface area contributed by atoms with Crippen LogP contribution in [0.25, 0.3) is 0 Å². The fourth-order valence-corrected chi connectivity index (χ4v) is 2.65. The Morgan fingerprint density at radius 2 is 1.89 bits per heavy atom. The molecule has 0 unspecified atom stereocenters. The minimum Gasteiger partial charge on any atom is -0.453 e. The highest BCUT2D eigenvalue weighted by Gasteiger charge is 2.43. The number of carbonyl (C=O) groups is 4. The van der Waals surface area contributed by atoms with E-state index in [1.165, 1.54) is 19.1 Å². The van der Waals surface area contributed by atoms with Gasteiger partial charge in [0.1, 0.15) is 11.4 Å². The first kappa shape index (κ1) is 21.3. The summed E-state index contributed by atoms with van der Waals surface area (Å²) >= 11 is 0. The molecule has 9 heteroatoms. The van der Waals surface area contributed by atoms with Gasteiger partial charge in [0.15, 0.2) is 6.10 Å². The van der Waals surface area contributed by atoms with Gasteiger partial charge in [-0.25, -0.2) is 9.18 Å². The molecule has 28 heavy (non-hydrogen) atoms. The Labute approximate surface area is 162 Å². The van der Waals surface area contributed by atoms with Crippen LogP contribution in [0.4, 0.5) is 9.18 Å². The molecule has 1 heterocycles. The molecule has 8 nitrogen and oxygen atoms in total. The zero-order valence-corrected chi connectivity index (χ0v) is 16.1. The minimum atomic E-state index is -0.997. The number of urea groups is 1. The standard InChI is InChI=1S/C19H24FN3O5/c1-12(16(25)21-11-13-6-8-14(20)9-7-13)28-15(24)5-4-10-23-17(26)19(2,3)22-18(23)27/h6-9,12H,4-5,10-11H2,1-3H3,(H,21,25)(H,22,27)/t12-/m0/s1. The molecule has 0 spiro atoms. The van der Waals surface area contributed by atoms with Crippen LogP contribution in [0, 0.1) is 5.82 Å². The van der Waals surface area contributed by atoms with Gasteiger partial charge in [0.05, 0.1) is 0 Å². The van der Waals surface area contributed by atoms with Crippen molar-refractivity contribution in [3.63, 3.8) is 0 Å². The second-order valence-electron chi connectivity index (χ2n) is 7.09. The van der Waals surface area contributed by atoms with E-state index < -0.39 is 29.6 Å². The summed E-state index contributed by atoms with van der Waals surface area (Å²) in [6, 6.07) is 5.18. The van der Waals surface area contributed by atoms with E-state index >= 15 is 0 Å². The van der Waals surface area contributed by atoms with E-state index in [0.29, 0.717) is 5.56 Å². The smallest absolute Gasteiger partial charge is 0.325 e. The van der Waals surface area contributed by atoms with Crippen LogP contribution in [0.3, 0.4) is 0 Å². The maximum atomic E-state index is 12.8. The lowest BCUT2D eigenvalue weighted by molar-refractivity contribution is -0.155. The summed E-state index contributed by atoms with van der Waals surface area (Å²) < 4.78 is 17.9. The van der Waals surface area contributed by atoms with Crippen molar-refractivity contribution in [3.05, 3.63) is 35.6 Å². The van der Waals surface area contributed by atoms with Crippen LogP contribution in [-0.2, 0) is 25.7 Å². The number of carbonyl (C=O) groups excluding carboxylic acids is 4. The molecule has 2 N–H and O–H groups in total. The second kappa shape index (κ2) is 8.81. The van der Waals surface area contributed by atoms with E-state index in [0.717, 1.165) is 4.90 Å². The molecule has 1 atom stereocenters. The predicted octanol–water partition coefficient (Wildman–Crippen LogP) is 1.48. The van der Waals surface area contributed by atoms with Crippen LogP contribution >= 0.6 is 0 Å². The van der Waals surface area contributed by atoms with Gasteiger partial charge in [0, 0.05) is 19.5 Å². The average molecular weight is 393 g/mol. The number of nitrogens with zero attached hydrogens (tertiary/aromatic N) is 1. The number of nitrogens with one attached hydrogen (secondary N) is 2. The number of halogens is 1. The fraction of sp³-hybridized carbons (Fsp3) is 0.474. The Morgan fingerprint density at radius 3 is 2.46 bits per heavy atom. The van der Waals surface area contributed by atoms with Crippen molar-refractivity contribution in [1.82, 2.24) is 15.5 Å². The first-order valence-corrected chi connectivity index (χ1v) is 8.96. The third-order valence-corrected chi connectivity index (χ3v) is 4.26. The number of benzene rings is 1. The van der Waals surface area contributed by atoms with Gasteiger partial charge in [-0.05, 0) is 44.9 Å². The van der Waals surface area contributed by atoms with Crippen LogP contribution in [0.5, 0.6) is 0 Å². The quantitative estimate of drug-likeness (QED) is 0.514. The van der Waals surface area contributed by atoms with Crippen LogP contribution in [0.1, 0.15) is 39.2 Å². The molecule has 0 aliphatic carbocycles. The molecule has 152 valence electrons. The van der Waals surface area contributed by atoms with Crippen molar-refractivity contribution in [3.8, 4) is 0 Å². The third-order valence-electron chi connectivity index (χ3n) is 4.26. The van der Waals surface area contributed by atoms with E-state index in [2.05, 4.69) is 10.6 Å². The molecule has 1 saturated heterocycles. The molecular formula is C19H24FN3O5. The monoisotopic (exact) mass is 393 g/mol. The summed E-state index contributed by atoms with van der Waals surface area (Å²) in [6.07, 6.45) is -0.797. The molecule has 0 saturated carbocycles. The lowest BCUT2D eigenvalue weighted by Crippen LogP contribution is -2.40.